The molecular formula is C19H23N3O. The lowest BCUT2D eigenvalue weighted by molar-refractivity contribution is -0.123. The Kier molecular flexibility index (Phi) is 4.63. The number of hydrogen-bond acceptors (Lipinski definition) is 3. The molecule has 23 heavy (non-hydrogen) atoms. The molecule has 1 saturated heterocycles. The maximum Gasteiger partial charge on any atom is 0.239 e. The lowest BCUT2D eigenvalue weighted by atomic mass is 10.0. The summed E-state index contributed by atoms with van der Waals surface area (Å²) in [6, 6.07) is 18.0. The summed E-state index contributed by atoms with van der Waals surface area (Å²) in [5, 5.41) is 0. The number of nitrogens with zero attached hydrogens (tertiary/aromatic N) is 2. The molecule has 4 heteroatoms. The molecule has 3 rings (SSSR count). The zero-order chi connectivity index (χ0) is 16.2. The first-order valence-electron chi connectivity index (χ1n) is 8.05. The van der Waals surface area contributed by atoms with Crippen molar-refractivity contribution in [1.29, 1.82) is 0 Å². The fourth-order valence-corrected chi connectivity index (χ4v) is 3.25. The summed E-state index contributed by atoms with van der Waals surface area (Å²) in [6.45, 7) is 5.57. The number of benzene rings is 2. The fraction of sp³-hybridized carbons (Fsp3) is 0.316. The Labute approximate surface area is 137 Å². The van der Waals surface area contributed by atoms with Gasteiger partial charge < -0.3 is 10.6 Å². The van der Waals surface area contributed by atoms with Gasteiger partial charge in [-0.15, -0.1) is 0 Å². The number of rotatable bonds is 4. The monoisotopic (exact) mass is 309 g/mol. The van der Waals surface area contributed by atoms with E-state index in [1.807, 2.05) is 30.3 Å². The van der Waals surface area contributed by atoms with Gasteiger partial charge in [-0.3, -0.25) is 9.69 Å². The van der Waals surface area contributed by atoms with Crippen molar-refractivity contribution in [1.82, 2.24) is 4.90 Å². The summed E-state index contributed by atoms with van der Waals surface area (Å²) in [4.78, 5) is 16.5. The Balaban J connectivity index is 1.71. The van der Waals surface area contributed by atoms with Crippen LogP contribution in [0, 0.1) is 6.92 Å². The normalized spacial score (nSPS) is 17.0. The number of carbonyl (C=O) groups excluding carboxylic acids is 1. The molecule has 0 bridgehead atoms. The van der Waals surface area contributed by atoms with Gasteiger partial charge in [0.25, 0.3) is 0 Å². The number of anilines is 1. The van der Waals surface area contributed by atoms with Crippen molar-refractivity contribution in [3.63, 3.8) is 0 Å². The van der Waals surface area contributed by atoms with Gasteiger partial charge in [0, 0.05) is 31.9 Å². The van der Waals surface area contributed by atoms with E-state index in [2.05, 4.69) is 41.0 Å². The molecule has 1 aliphatic heterocycles. The average Bonchev–Trinajstić information content (AvgIpc) is 2.56. The second-order valence-corrected chi connectivity index (χ2v) is 6.08. The van der Waals surface area contributed by atoms with E-state index in [0.29, 0.717) is 0 Å². The minimum absolute atomic E-state index is 0.278. The van der Waals surface area contributed by atoms with E-state index in [-0.39, 0.29) is 11.9 Å². The van der Waals surface area contributed by atoms with E-state index in [4.69, 9.17) is 5.73 Å². The quantitative estimate of drug-likeness (QED) is 0.943. The topological polar surface area (TPSA) is 49.6 Å². The molecule has 1 amide bonds. The third-order valence-corrected chi connectivity index (χ3v) is 4.43. The summed E-state index contributed by atoms with van der Waals surface area (Å²) in [6.07, 6.45) is 0. The van der Waals surface area contributed by atoms with Crippen LogP contribution in [0.3, 0.4) is 0 Å². The molecule has 2 aromatic rings. The molecule has 1 atom stereocenters. The Morgan fingerprint density at radius 3 is 2.30 bits per heavy atom. The molecule has 120 valence electrons. The highest BCUT2D eigenvalue weighted by molar-refractivity contribution is 5.81. The highest BCUT2D eigenvalue weighted by Crippen LogP contribution is 2.24. The summed E-state index contributed by atoms with van der Waals surface area (Å²) < 4.78 is 0. The molecule has 1 heterocycles. The van der Waals surface area contributed by atoms with Crippen LogP contribution in [0.2, 0.25) is 0 Å². The van der Waals surface area contributed by atoms with Crippen molar-refractivity contribution >= 4 is 11.6 Å². The second kappa shape index (κ2) is 6.84. The van der Waals surface area contributed by atoms with Crippen molar-refractivity contribution < 1.29 is 4.79 Å². The number of carbonyl (C=O) groups is 1. The summed E-state index contributed by atoms with van der Waals surface area (Å²) in [5.41, 5.74) is 9.16. The highest BCUT2D eigenvalue weighted by Gasteiger charge is 2.28. The van der Waals surface area contributed by atoms with Gasteiger partial charge in [0.05, 0.1) is 0 Å². The summed E-state index contributed by atoms with van der Waals surface area (Å²) >= 11 is 0. The standard InChI is InChI=1S/C19H23N3O/c1-15-6-5-9-17(14-15)21-10-12-22(13-11-21)18(19(20)23)16-7-3-2-4-8-16/h2-9,14,18H,10-13H2,1H3,(H2,20,23)/t18-/m1/s1. The number of piperazine rings is 1. The smallest absolute Gasteiger partial charge is 0.239 e. The Hall–Kier alpha value is -2.33. The maximum absolute atomic E-state index is 12.0. The number of aryl methyl sites for hydroxylation is 1. The number of hydrogen-bond donors (Lipinski definition) is 1. The molecular weight excluding hydrogens is 286 g/mol. The highest BCUT2D eigenvalue weighted by atomic mass is 16.1. The van der Waals surface area contributed by atoms with E-state index in [9.17, 15) is 4.79 Å². The van der Waals surface area contributed by atoms with Crippen molar-refractivity contribution in [2.75, 3.05) is 31.1 Å². The Morgan fingerprint density at radius 2 is 1.70 bits per heavy atom. The van der Waals surface area contributed by atoms with Crippen molar-refractivity contribution in [2.24, 2.45) is 5.73 Å². The van der Waals surface area contributed by atoms with Gasteiger partial charge >= 0.3 is 0 Å². The fourth-order valence-electron chi connectivity index (χ4n) is 3.25. The number of primary amides is 1. The number of amides is 1. The van der Waals surface area contributed by atoms with Crippen LogP contribution in [0.4, 0.5) is 5.69 Å². The van der Waals surface area contributed by atoms with Crippen LogP contribution in [0.1, 0.15) is 17.2 Å². The van der Waals surface area contributed by atoms with E-state index in [1.54, 1.807) is 0 Å². The Bertz CT molecular complexity index is 663. The lowest BCUT2D eigenvalue weighted by Gasteiger charge is -2.39. The van der Waals surface area contributed by atoms with E-state index >= 15 is 0 Å². The molecule has 0 aliphatic carbocycles. The van der Waals surface area contributed by atoms with Gasteiger partial charge in [0.1, 0.15) is 6.04 Å². The average molecular weight is 309 g/mol. The molecule has 2 aromatic carbocycles. The van der Waals surface area contributed by atoms with Crippen molar-refractivity contribution in [3.05, 3.63) is 65.7 Å². The summed E-state index contributed by atoms with van der Waals surface area (Å²) in [7, 11) is 0. The van der Waals surface area contributed by atoms with Crippen LogP contribution in [0.5, 0.6) is 0 Å². The van der Waals surface area contributed by atoms with E-state index in [0.717, 1.165) is 31.7 Å². The first-order chi connectivity index (χ1) is 11.1. The van der Waals surface area contributed by atoms with Gasteiger partial charge in [-0.2, -0.15) is 0 Å². The summed E-state index contributed by atoms with van der Waals surface area (Å²) in [5.74, 6) is -0.278. The number of nitrogens with two attached hydrogens (primary N) is 1. The zero-order valence-corrected chi connectivity index (χ0v) is 13.5. The molecule has 0 aromatic heterocycles. The van der Waals surface area contributed by atoms with E-state index in [1.165, 1.54) is 11.3 Å². The molecule has 1 aliphatic rings. The second-order valence-electron chi connectivity index (χ2n) is 6.08. The van der Waals surface area contributed by atoms with E-state index < -0.39 is 0 Å². The zero-order valence-electron chi connectivity index (χ0n) is 13.5. The van der Waals surface area contributed by atoms with Gasteiger partial charge in [-0.25, -0.2) is 0 Å². The largest absolute Gasteiger partial charge is 0.369 e. The predicted octanol–water partition coefficient (Wildman–Crippen LogP) is 2.34. The van der Waals surface area contributed by atoms with Crippen LogP contribution in [0.25, 0.3) is 0 Å². The van der Waals surface area contributed by atoms with Crippen LogP contribution < -0.4 is 10.6 Å². The third-order valence-electron chi connectivity index (χ3n) is 4.43. The molecule has 0 saturated carbocycles. The van der Waals surface area contributed by atoms with Crippen LogP contribution in [0.15, 0.2) is 54.6 Å². The first kappa shape index (κ1) is 15.6. The third kappa shape index (κ3) is 3.54. The molecule has 4 nitrogen and oxygen atoms in total. The maximum atomic E-state index is 12.0. The van der Waals surface area contributed by atoms with Crippen LogP contribution in [-0.4, -0.2) is 37.0 Å². The lowest BCUT2D eigenvalue weighted by Crippen LogP contribution is -2.50. The molecule has 1 fully saturated rings. The minimum atomic E-state index is -0.337. The first-order valence-corrected chi connectivity index (χ1v) is 8.05. The van der Waals surface area contributed by atoms with Crippen molar-refractivity contribution in [2.45, 2.75) is 13.0 Å². The molecule has 0 unspecified atom stereocenters. The minimum Gasteiger partial charge on any atom is -0.369 e. The SMILES string of the molecule is Cc1cccc(N2CCN([C@@H](C(N)=O)c3ccccc3)CC2)c1. The van der Waals surface area contributed by atoms with Crippen LogP contribution in [-0.2, 0) is 4.79 Å². The predicted molar refractivity (Wildman–Crippen MR) is 93.3 cm³/mol. The molecule has 0 spiro atoms. The van der Waals surface area contributed by atoms with Crippen molar-refractivity contribution in [3.8, 4) is 0 Å². The molecule has 0 radical (unpaired) electrons. The molecule has 2 N–H and O–H groups in total. The Morgan fingerprint density at radius 1 is 1.00 bits per heavy atom. The van der Waals surface area contributed by atoms with Gasteiger partial charge in [-0.1, -0.05) is 42.5 Å². The van der Waals surface area contributed by atoms with Gasteiger partial charge in [-0.05, 0) is 30.2 Å². The van der Waals surface area contributed by atoms with Gasteiger partial charge in [0.2, 0.25) is 5.91 Å². The van der Waals surface area contributed by atoms with Gasteiger partial charge in [0.15, 0.2) is 0 Å². The van der Waals surface area contributed by atoms with Crippen LogP contribution >= 0.6 is 0 Å².